The summed E-state index contributed by atoms with van der Waals surface area (Å²) in [6, 6.07) is 10.6. The normalized spacial score (nSPS) is 9.96. The van der Waals surface area contributed by atoms with Crippen molar-refractivity contribution in [3.63, 3.8) is 0 Å². The van der Waals surface area contributed by atoms with Gasteiger partial charge in [-0.15, -0.1) is 0 Å². The van der Waals surface area contributed by atoms with E-state index in [1.165, 1.54) is 6.33 Å². The van der Waals surface area contributed by atoms with Crippen LogP contribution in [0.15, 0.2) is 36.7 Å². The quantitative estimate of drug-likeness (QED) is 0.887. The van der Waals surface area contributed by atoms with Gasteiger partial charge >= 0.3 is 0 Å². The van der Waals surface area contributed by atoms with Crippen molar-refractivity contribution >= 4 is 17.4 Å². The third-order valence-electron chi connectivity index (χ3n) is 3.42. The van der Waals surface area contributed by atoms with Gasteiger partial charge in [0.2, 0.25) is 0 Å². The second-order valence-corrected chi connectivity index (χ2v) is 5.15. The molecule has 6 heteroatoms. The van der Waals surface area contributed by atoms with Gasteiger partial charge in [-0.2, -0.15) is 5.26 Å². The van der Waals surface area contributed by atoms with Crippen LogP contribution in [0.5, 0.6) is 0 Å². The maximum atomic E-state index is 12.3. The molecule has 0 bridgehead atoms. The lowest BCUT2D eigenvalue weighted by atomic mass is 10.2. The molecule has 1 aromatic heterocycles. The molecule has 2 rings (SSSR count). The Labute approximate surface area is 135 Å². The highest BCUT2D eigenvalue weighted by Crippen LogP contribution is 2.16. The number of nitriles is 1. The number of carbonyl (C=O) groups is 1. The van der Waals surface area contributed by atoms with Crippen LogP contribution >= 0.6 is 0 Å². The first-order valence-corrected chi connectivity index (χ1v) is 7.49. The number of nitrogens with zero attached hydrogens (tertiary/aromatic N) is 4. The maximum absolute atomic E-state index is 12.3. The number of anilines is 2. The van der Waals surface area contributed by atoms with Gasteiger partial charge in [-0.25, -0.2) is 9.97 Å². The van der Waals surface area contributed by atoms with Gasteiger partial charge in [-0.05, 0) is 18.6 Å². The highest BCUT2D eigenvalue weighted by Gasteiger charge is 2.12. The van der Waals surface area contributed by atoms with Gasteiger partial charge in [0, 0.05) is 19.7 Å². The van der Waals surface area contributed by atoms with Gasteiger partial charge < -0.3 is 10.2 Å². The van der Waals surface area contributed by atoms with Gasteiger partial charge in [0.05, 0.1) is 11.3 Å². The molecule has 6 nitrogen and oxygen atoms in total. The molecule has 0 saturated heterocycles. The number of para-hydroxylation sites is 1. The summed E-state index contributed by atoms with van der Waals surface area (Å²) in [5.74, 6) is 0.340. The third kappa shape index (κ3) is 4.27. The fourth-order valence-electron chi connectivity index (χ4n) is 2.07. The van der Waals surface area contributed by atoms with Crippen LogP contribution in [0.25, 0.3) is 0 Å². The number of nitrogens with one attached hydrogen (secondary N) is 1. The number of benzene rings is 1. The molecule has 0 fully saturated rings. The van der Waals surface area contributed by atoms with E-state index in [1.54, 1.807) is 30.3 Å². The van der Waals surface area contributed by atoms with Crippen LogP contribution in [-0.4, -0.2) is 29.5 Å². The number of hydrogen-bond donors (Lipinski definition) is 1. The van der Waals surface area contributed by atoms with Crippen LogP contribution in [0.1, 0.15) is 35.8 Å². The summed E-state index contributed by atoms with van der Waals surface area (Å²) in [5.41, 5.74) is 1.15. The van der Waals surface area contributed by atoms with Gasteiger partial charge in [0.15, 0.2) is 0 Å². The highest BCUT2D eigenvalue weighted by atomic mass is 16.1. The predicted molar refractivity (Wildman–Crippen MR) is 89.3 cm³/mol. The molecule has 0 spiro atoms. The van der Waals surface area contributed by atoms with E-state index in [9.17, 15) is 4.79 Å². The smallest absolute Gasteiger partial charge is 0.274 e. The van der Waals surface area contributed by atoms with E-state index in [0.29, 0.717) is 17.1 Å². The molecule has 0 saturated carbocycles. The van der Waals surface area contributed by atoms with Gasteiger partial charge in [-0.3, -0.25) is 4.79 Å². The first-order valence-electron chi connectivity index (χ1n) is 7.49. The maximum Gasteiger partial charge on any atom is 0.274 e. The average Bonchev–Trinajstić information content (AvgIpc) is 2.60. The van der Waals surface area contributed by atoms with Crippen molar-refractivity contribution in [1.82, 2.24) is 9.97 Å². The van der Waals surface area contributed by atoms with E-state index in [0.717, 1.165) is 19.4 Å². The molecular formula is C17H19N5O. The monoisotopic (exact) mass is 309 g/mol. The molecule has 0 unspecified atom stereocenters. The summed E-state index contributed by atoms with van der Waals surface area (Å²) in [6.45, 7) is 2.99. The van der Waals surface area contributed by atoms with Crippen LogP contribution in [0.4, 0.5) is 11.5 Å². The SMILES string of the molecule is CCCCN(C)c1cc(C(=O)Nc2ccccc2C#N)ncn1. The molecule has 23 heavy (non-hydrogen) atoms. The summed E-state index contributed by atoms with van der Waals surface area (Å²) in [4.78, 5) is 22.6. The standard InChI is InChI=1S/C17H19N5O/c1-3-4-9-22(2)16-10-15(19-12-20-16)17(23)21-14-8-6-5-7-13(14)11-18/h5-8,10,12H,3-4,9H2,1-2H3,(H,21,23). The lowest BCUT2D eigenvalue weighted by Gasteiger charge is -2.17. The van der Waals surface area contributed by atoms with Crippen molar-refractivity contribution in [2.75, 3.05) is 23.8 Å². The molecule has 1 N–H and O–H groups in total. The van der Waals surface area contributed by atoms with Crippen LogP contribution in [-0.2, 0) is 0 Å². The molecule has 1 heterocycles. The zero-order valence-electron chi connectivity index (χ0n) is 13.3. The Balaban J connectivity index is 2.15. The van der Waals surface area contributed by atoms with Crippen molar-refractivity contribution in [3.05, 3.63) is 47.9 Å². The topological polar surface area (TPSA) is 81.9 Å². The first-order chi connectivity index (χ1) is 11.2. The predicted octanol–water partition coefficient (Wildman–Crippen LogP) is 2.84. The molecule has 0 aliphatic rings. The number of unbranched alkanes of at least 4 members (excludes halogenated alkanes) is 1. The van der Waals surface area contributed by atoms with E-state index in [-0.39, 0.29) is 11.6 Å². The van der Waals surface area contributed by atoms with Gasteiger partial charge in [0.25, 0.3) is 5.91 Å². The molecule has 0 aliphatic carbocycles. The van der Waals surface area contributed by atoms with E-state index in [2.05, 4.69) is 22.2 Å². The van der Waals surface area contributed by atoms with E-state index >= 15 is 0 Å². The second-order valence-electron chi connectivity index (χ2n) is 5.15. The van der Waals surface area contributed by atoms with E-state index < -0.39 is 0 Å². The zero-order valence-corrected chi connectivity index (χ0v) is 13.3. The van der Waals surface area contributed by atoms with Crippen LogP contribution in [0.2, 0.25) is 0 Å². The van der Waals surface area contributed by atoms with Gasteiger partial charge in [0.1, 0.15) is 23.9 Å². The Morgan fingerprint density at radius 1 is 1.35 bits per heavy atom. The minimum Gasteiger partial charge on any atom is -0.360 e. The Morgan fingerprint density at radius 3 is 2.87 bits per heavy atom. The summed E-state index contributed by atoms with van der Waals surface area (Å²) in [6.07, 6.45) is 3.52. The van der Waals surface area contributed by atoms with Crippen molar-refractivity contribution in [2.24, 2.45) is 0 Å². The van der Waals surface area contributed by atoms with Crippen molar-refractivity contribution in [2.45, 2.75) is 19.8 Å². The summed E-state index contributed by atoms with van der Waals surface area (Å²) >= 11 is 0. The number of amides is 1. The average molecular weight is 309 g/mol. The lowest BCUT2D eigenvalue weighted by Crippen LogP contribution is -2.21. The molecule has 0 radical (unpaired) electrons. The number of hydrogen-bond acceptors (Lipinski definition) is 5. The molecule has 118 valence electrons. The fourth-order valence-corrected chi connectivity index (χ4v) is 2.07. The van der Waals surface area contributed by atoms with E-state index in [4.69, 9.17) is 5.26 Å². The lowest BCUT2D eigenvalue weighted by molar-refractivity contribution is 0.102. The Kier molecular flexibility index (Phi) is 5.64. The first kappa shape index (κ1) is 16.4. The minimum absolute atomic E-state index is 0.270. The van der Waals surface area contributed by atoms with Crippen molar-refractivity contribution < 1.29 is 4.79 Å². The summed E-state index contributed by atoms with van der Waals surface area (Å²) in [5, 5.41) is 11.8. The molecule has 1 aromatic carbocycles. The van der Waals surface area contributed by atoms with Crippen molar-refractivity contribution in [3.8, 4) is 6.07 Å². The number of rotatable bonds is 6. The van der Waals surface area contributed by atoms with Gasteiger partial charge in [-0.1, -0.05) is 25.5 Å². The van der Waals surface area contributed by atoms with Crippen LogP contribution < -0.4 is 10.2 Å². The van der Waals surface area contributed by atoms with Crippen molar-refractivity contribution in [1.29, 1.82) is 5.26 Å². The second kappa shape index (κ2) is 7.90. The molecule has 0 aliphatic heterocycles. The Morgan fingerprint density at radius 2 is 2.13 bits per heavy atom. The number of carbonyl (C=O) groups excluding carboxylic acids is 1. The largest absolute Gasteiger partial charge is 0.360 e. The molecule has 1 amide bonds. The van der Waals surface area contributed by atoms with Crippen LogP contribution in [0.3, 0.4) is 0 Å². The third-order valence-corrected chi connectivity index (χ3v) is 3.42. The highest BCUT2D eigenvalue weighted by molar-refractivity contribution is 6.03. The number of aromatic nitrogens is 2. The summed E-state index contributed by atoms with van der Waals surface area (Å²) < 4.78 is 0. The summed E-state index contributed by atoms with van der Waals surface area (Å²) in [7, 11) is 1.94. The molecular weight excluding hydrogens is 290 g/mol. The molecule has 2 aromatic rings. The Hall–Kier alpha value is -2.94. The van der Waals surface area contributed by atoms with Crippen LogP contribution in [0, 0.1) is 11.3 Å². The minimum atomic E-state index is -0.361. The fraction of sp³-hybridized carbons (Fsp3) is 0.294. The zero-order chi connectivity index (χ0) is 16.7. The molecule has 0 atom stereocenters. The van der Waals surface area contributed by atoms with E-state index in [1.807, 2.05) is 18.0 Å². The Bertz CT molecular complexity index is 723.